The van der Waals surface area contributed by atoms with E-state index in [4.69, 9.17) is 4.84 Å². The fraction of sp³-hybridized carbons (Fsp3) is 0.500. The number of carbonyl (C=O) groups excluding carboxylic acids is 1. The maximum absolute atomic E-state index is 11.3. The van der Waals surface area contributed by atoms with Crippen LogP contribution in [0.5, 0.6) is 0 Å². The topological polar surface area (TPSA) is 63.2 Å². The Morgan fingerprint density at radius 2 is 2.24 bits per heavy atom. The molecule has 0 saturated carbocycles. The minimum Gasteiger partial charge on any atom is -0.336 e. The Balaban J connectivity index is 2.17. The zero-order chi connectivity index (χ0) is 12.7. The van der Waals surface area contributed by atoms with E-state index in [-0.39, 0.29) is 11.6 Å². The second-order valence-electron chi connectivity index (χ2n) is 4.68. The molecule has 0 unspecified atom stereocenters. The molecule has 0 aliphatic rings. The van der Waals surface area contributed by atoms with Crippen LogP contribution in [0, 0.1) is 0 Å². The van der Waals surface area contributed by atoms with Crippen LogP contribution in [0.4, 0.5) is 4.79 Å². The molecule has 0 fully saturated rings. The van der Waals surface area contributed by atoms with Crippen molar-refractivity contribution in [3.8, 4) is 0 Å². The summed E-state index contributed by atoms with van der Waals surface area (Å²) in [6.45, 7) is 6.14. The molecular formula is C12H19N3O2. The predicted octanol–water partition coefficient (Wildman–Crippen LogP) is 1.65. The molecule has 2 N–H and O–H groups in total. The monoisotopic (exact) mass is 237 g/mol. The zero-order valence-corrected chi connectivity index (χ0v) is 10.5. The van der Waals surface area contributed by atoms with Gasteiger partial charge in [-0.3, -0.25) is 9.82 Å². The number of pyridine rings is 1. The average molecular weight is 237 g/mol. The minimum atomic E-state index is -0.388. The van der Waals surface area contributed by atoms with Crippen molar-refractivity contribution in [3.63, 3.8) is 0 Å². The summed E-state index contributed by atoms with van der Waals surface area (Å²) in [7, 11) is 0. The maximum Gasteiger partial charge on any atom is 0.338 e. The highest BCUT2D eigenvalue weighted by Crippen LogP contribution is 2.03. The summed E-state index contributed by atoms with van der Waals surface area (Å²) in [5.41, 5.74) is 3.04. The molecule has 0 spiro atoms. The number of hydrogen-bond donors (Lipinski definition) is 2. The first-order valence-electron chi connectivity index (χ1n) is 5.58. The van der Waals surface area contributed by atoms with E-state index in [0.29, 0.717) is 6.54 Å². The average Bonchev–Trinajstić information content (AvgIpc) is 2.27. The van der Waals surface area contributed by atoms with Crippen LogP contribution < -0.4 is 10.8 Å². The lowest BCUT2D eigenvalue weighted by Crippen LogP contribution is -2.40. The molecule has 5 nitrogen and oxygen atoms in total. The lowest BCUT2D eigenvalue weighted by atomic mass is 10.2. The van der Waals surface area contributed by atoms with E-state index in [9.17, 15) is 4.79 Å². The summed E-state index contributed by atoms with van der Waals surface area (Å²) < 4.78 is 0. The fourth-order valence-electron chi connectivity index (χ4n) is 1.10. The van der Waals surface area contributed by atoms with Gasteiger partial charge in [0.2, 0.25) is 0 Å². The number of carbonyl (C=O) groups is 1. The van der Waals surface area contributed by atoms with Crippen molar-refractivity contribution < 1.29 is 9.63 Å². The highest BCUT2D eigenvalue weighted by atomic mass is 16.7. The Hall–Kier alpha value is -1.62. The van der Waals surface area contributed by atoms with Gasteiger partial charge in [-0.1, -0.05) is 6.07 Å². The summed E-state index contributed by atoms with van der Waals surface area (Å²) in [6, 6.07) is 3.51. The lowest BCUT2D eigenvalue weighted by molar-refractivity contribution is -0.0528. The van der Waals surface area contributed by atoms with Crippen LogP contribution in [0.3, 0.4) is 0 Å². The number of aromatic nitrogens is 1. The Kier molecular flexibility index (Phi) is 4.90. The van der Waals surface area contributed by atoms with E-state index in [0.717, 1.165) is 12.0 Å². The summed E-state index contributed by atoms with van der Waals surface area (Å²) in [4.78, 5) is 20.4. The van der Waals surface area contributed by atoms with Gasteiger partial charge in [-0.25, -0.2) is 10.3 Å². The molecular weight excluding hydrogens is 218 g/mol. The zero-order valence-electron chi connectivity index (χ0n) is 10.5. The SMILES string of the molecule is CC(C)(C)ONC(=O)NCCc1cccnc1. The third kappa shape index (κ3) is 6.52. The molecule has 1 aromatic heterocycles. The lowest BCUT2D eigenvalue weighted by Gasteiger charge is -2.19. The van der Waals surface area contributed by atoms with Crippen molar-refractivity contribution in [1.29, 1.82) is 0 Å². The molecule has 94 valence electrons. The van der Waals surface area contributed by atoms with Crippen LogP contribution >= 0.6 is 0 Å². The molecule has 0 bridgehead atoms. The standard InChI is InChI=1S/C12H19N3O2/c1-12(2,3)17-15-11(16)14-8-6-10-5-4-7-13-9-10/h4-5,7,9H,6,8H2,1-3H3,(H2,14,15,16). The Labute approximate surface area is 102 Å². The van der Waals surface area contributed by atoms with Gasteiger partial charge in [0.15, 0.2) is 0 Å². The quantitative estimate of drug-likeness (QED) is 0.783. The number of nitrogens with one attached hydrogen (secondary N) is 2. The summed E-state index contributed by atoms with van der Waals surface area (Å²) >= 11 is 0. The van der Waals surface area contributed by atoms with Crippen LogP contribution in [0.15, 0.2) is 24.5 Å². The molecule has 0 radical (unpaired) electrons. The molecule has 1 rings (SSSR count). The van der Waals surface area contributed by atoms with Gasteiger partial charge in [0.25, 0.3) is 0 Å². The van der Waals surface area contributed by atoms with Gasteiger partial charge in [-0.15, -0.1) is 0 Å². The Morgan fingerprint density at radius 1 is 1.47 bits per heavy atom. The van der Waals surface area contributed by atoms with Gasteiger partial charge in [-0.2, -0.15) is 0 Å². The number of hydrogen-bond acceptors (Lipinski definition) is 3. The Morgan fingerprint density at radius 3 is 2.82 bits per heavy atom. The van der Waals surface area contributed by atoms with Crippen LogP contribution in [0.1, 0.15) is 26.3 Å². The van der Waals surface area contributed by atoms with Crippen molar-refractivity contribution >= 4 is 6.03 Å². The van der Waals surface area contributed by atoms with Gasteiger partial charge >= 0.3 is 6.03 Å². The molecule has 2 amide bonds. The number of rotatable bonds is 4. The van der Waals surface area contributed by atoms with Crippen molar-refractivity contribution in [2.45, 2.75) is 32.8 Å². The number of hydroxylamine groups is 1. The van der Waals surface area contributed by atoms with Gasteiger partial charge in [0, 0.05) is 18.9 Å². The molecule has 0 saturated heterocycles. The molecule has 5 heteroatoms. The summed E-state index contributed by atoms with van der Waals surface area (Å²) in [5, 5.41) is 2.70. The fourth-order valence-corrected chi connectivity index (χ4v) is 1.10. The van der Waals surface area contributed by atoms with Gasteiger partial charge in [-0.05, 0) is 38.8 Å². The van der Waals surface area contributed by atoms with Crippen LogP contribution in [-0.4, -0.2) is 23.2 Å². The van der Waals surface area contributed by atoms with Crippen LogP contribution in [-0.2, 0) is 11.3 Å². The maximum atomic E-state index is 11.3. The minimum absolute atomic E-state index is 0.330. The summed E-state index contributed by atoms with van der Waals surface area (Å²) in [5.74, 6) is 0. The van der Waals surface area contributed by atoms with Gasteiger partial charge in [0.05, 0.1) is 5.60 Å². The molecule has 1 heterocycles. The smallest absolute Gasteiger partial charge is 0.336 e. The van der Waals surface area contributed by atoms with E-state index < -0.39 is 0 Å². The second kappa shape index (κ2) is 6.20. The van der Waals surface area contributed by atoms with Gasteiger partial charge in [0.1, 0.15) is 0 Å². The molecule has 1 aromatic rings. The van der Waals surface area contributed by atoms with E-state index in [1.165, 1.54) is 0 Å². The third-order valence-corrected chi connectivity index (χ3v) is 1.87. The third-order valence-electron chi connectivity index (χ3n) is 1.87. The number of urea groups is 1. The molecule has 0 aromatic carbocycles. The first-order valence-corrected chi connectivity index (χ1v) is 5.58. The molecule has 0 aliphatic carbocycles. The largest absolute Gasteiger partial charge is 0.338 e. The molecule has 17 heavy (non-hydrogen) atoms. The van der Waals surface area contributed by atoms with E-state index in [2.05, 4.69) is 15.8 Å². The van der Waals surface area contributed by atoms with Gasteiger partial charge < -0.3 is 5.32 Å². The van der Waals surface area contributed by atoms with E-state index in [1.807, 2.05) is 32.9 Å². The van der Waals surface area contributed by atoms with Crippen molar-refractivity contribution in [3.05, 3.63) is 30.1 Å². The van der Waals surface area contributed by atoms with E-state index >= 15 is 0 Å². The predicted molar refractivity (Wildman–Crippen MR) is 65.3 cm³/mol. The van der Waals surface area contributed by atoms with Crippen LogP contribution in [0.2, 0.25) is 0 Å². The normalized spacial score (nSPS) is 11.0. The van der Waals surface area contributed by atoms with E-state index in [1.54, 1.807) is 12.4 Å². The highest BCUT2D eigenvalue weighted by molar-refractivity contribution is 5.72. The first-order chi connectivity index (χ1) is 7.97. The molecule has 0 aliphatic heterocycles. The number of nitrogens with zero attached hydrogens (tertiary/aromatic N) is 1. The summed E-state index contributed by atoms with van der Waals surface area (Å²) in [6.07, 6.45) is 4.25. The number of amides is 2. The Bertz CT molecular complexity index is 347. The van der Waals surface area contributed by atoms with Crippen molar-refractivity contribution in [2.24, 2.45) is 0 Å². The molecule has 0 atom stereocenters. The van der Waals surface area contributed by atoms with Crippen molar-refractivity contribution in [2.75, 3.05) is 6.54 Å². The van der Waals surface area contributed by atoms with Crippen LogP contribution in [0.25, 0.3) is 0 Å². The highest BCUT2D eigenvalue weighted by Gasteiger charge is 2.12. The van der Waals surface area contributed by atoms with Crippen molar-refractivity contribution in [1.82, 2.24) is 15.8 Å². The first kappa shape index (κ1) is 13.4. The second-order valence-corrected chi connectivity index (χ2v) is 4.68.